The number of hydrogen-bond donors (Lipinski definition) is 3. The van der Waals surface area contributed by atoms with E-state index < -0.39 is 26.5 Å². The number of phosphoric ester groups is 1. The normalized spacial score (nSPS) is 13.5. The third kappa shape index (κ3) is 32.2. The van der Waals surface area contributed by atoms with Crippen molar-refractivity contribution in [2.75, 3.05) is 26.4 Å². The molecule has 0 heterocycles. The highest BCUT2D eigenvalue weighted by atomic mass is 31.2. The van der Waals surface area contributed by atoms with Crippen molar-refractivity contribution in [2.24, 2.45) is 0 Å². The molecule has 2 unspecified atom stereocenters. The number of unbranched alkanes of at least 4 members (excludes halogenated alkanes) is 20. The van der Waals surface area contributed by atoms with Gasteiger partial charge in [-0.25, -0.2) is 4.57 Å². The van der Waals surface area contributed by atoms with E-state index in [4.69, 9.17) is 13.8 Å². The SMILES string of the molecule is CCCCCCCCCCCCCCCCCCC(=O)NCCOP(=O)(O)OCC(O)COC(=O)CCCCCCCC. The molecule has 0 aliphatic carbocycles. The Labute approximate surface area is 263 Å². The molecular formula is C33H66NO8P. The number of aliphatic hydroxyl groups excluding tert-OH is 1. The van der Waals surface area contributed by atoms with Crippen LogP contribution < -0.4 is 5.32 Å². The van der Waals surface area contributed by atoms with Crippen LogP contribution in [0, 0.1) is 0 Å². The Hall–Kier alpha value is -0.990. The second-order valence-electron chi connectivity index (χ2n) is 11.9. The summed E-state index contributed by atoms with van der Waals surface area (Å²) in [7, 11) is -4.39. The first-order valence-corrected chi connectivity index (χ1v) is 19.0. The number of carbonyl (C=O) groups is 2. The maximum absolute atomic E-state index is 12.0. The van der Waals surface area contributed by atoms with Crippen molar-refractivity contribution < 1.29 is 37.9 Å². The first-order valence-electron chi connectivity index (χ1n) is 17.5. The molecule has 3 N–H and O–H groups in total. The summed E-state index contributed by atoms with van der Waals surface area (Å²) in [6, 6.07) is 0. The highest BCUT2D eigenvalue weighted by Gasteiger charge is 2.23. The lowest BCUT2D eigenvalue weighted by molar-refractivity contribution is -0.147. The number of carbonyl (C=O) groups excluding carboxylic acids is 2. The number of ether oxygens (including phenoxy) is 1. The van der Waals surface area contributed by atoms with E-state index in [2.05, 4.69) is 19.2 Å². The van der Waals surface area contributed by atoms with Gasteiger partial charge in [-0.3, -0.25) is 18.6 Å². The fourth-order valence-electron chi connectivity index (χ4n) is 4.85. The van der Waals surface area contributed by atoms with Gasteiger partial charge in [0.05, 0.1) is 13.2 Å². The molecule has 0 aromatic rings. The zero-order valence-electron chi connectivity index (χ0n) is 27.7. The lowest BCUT2D eigenvalue weighted by atomic mass is 10.0. The molecule has 0 saturated carbocycles. The molecule has 0 aliphatic rings. The molecule has 0 rings (SSSR count). The summed E-state index contributed by atoms with van der Waals surface area (Å²) in [6.07, 6.45) is 26.3. The second kappa shape index (κ2) is 31.0. The Morgan fingerprint density at radius 1 is 0.628 bits per heavy atom. The van der Waals surface area contributed by atoms with E-state index in [0.29, 0.717) is 6.42 Å². The average molecular weight is 636 g/mol. The zero-order chi connectivity index (χ0) is 31.9. The van der Waals surface area contributed by atoms with E-state index in [9.17, 15) is 24.2 Å². The van der Waals surface area contributed by atoms with E-state index in [1.165, 1.54) is 96.3 Å². The first kappa shape index (κ1) is 42.0. The summed E-state index contributed by atoms with van der Waals surface area (Å²) in [5.74, 6) is -0.519. The van der Waals surface area contributed by atoms with Gasteiger partial charge in [0.1, 0.15) is 12.7 Å². The minimum Gasteiger partial charge on any atom is -0.463 e. The second-order valence-corrected chi connectivity index (χ2v) is 13.3. The fraction of sp³-hybridized carbons (Fsp3) is 0.939. The zero-order valence-corrected chi connectivity index (χ0v) is 28.6. The molecule has 9 nitrogen and oxygen atoms in total. The first-order chi connectivity index (χ1) is 20.8. The predicted octanol–water partition coefficient (Wildman–Crippen LogP) is 8.54. The molecule has 0 aromatic carbocycles. The molecule has 256 valence electrons. The van der Waals surface area contributed by atoms with Gasteiger partial charge >= 0.3 is 13.8 Å². The fourth-order valence-corrected chi connectivity index (χ4v) is 5.61. The molecule has 0 aromatic heterocycles. The third-order valence-electron chi connectivity index (χ3n) is 7.54. The summed E-state index contributed by atoms with van der Waals surface area (Å²) < 4.78 is 26.6. The summed E-state index contributed by atoms with van der Waals surface area (Å²) in [5, 5.41) is 12.5. The summed E-state index contributed by atoms with van der Waals surface area (Å²) in [6.45, 7) is 3.48. The molecule has 2 atom stereocenters. The van der Waals surface area contributed by atoms with Crippen LogP contribution in [0.3, 0.4) is 0 Å². The van der Waals surface area contributed by atoms with Gasteiger partial charge in [0.15, 0.2) is 0 Å². The summed E-state index contributed by atoms with van der Waals surface area (Å²) >= 11 is 0. The molecule has 0 bridgehead atoms. The number of aliphatic hydroxyl groups is 1. The molecule has 0 saturated heterocycles. The van der Waals surface area contributed by atoms with Crippen molar-refractivity contribution >= 4 is 19.7 Å². The third-order valence-corrected chi connectivity index (χ3v) is 8.52. The number of nitrogens with one attached hydrogen (secondary N) is 1. The van der Waals surface area contributed by atoms with Crippen LogP contribution in [0.25, 0.3) is 0 Å². The van der Waals surface area contributed by atoms with Crippen LogP contribution in [-0.4, -0.2) is 54.3 Å². The van der Waals surface area contributed by atoms with Gasteiger partial charge in [0, 0.05) is 19.4 Å². The van der Waals surface area contributed by atoms with Crippen molar-refractivity contribution in [3.63, 3.8) is 0 Å². The summed E-state index contributed by atoms with van der Waals surface area (Å²) in [5.41, 5.74) is 0. The van der Waals surface area contributed by atoms with Gasteiger partial charge in [-0.05, 0) is 12.8 Å². The van der Waals surface area contributed by atoms with Crippen molar-refractivity contribution in [3.8, 4) is 0 Å². The quantitative estimate of drug-likeness (QED) is 0.0371. The number of hydrogen-bond acceptors (Lipinski definition) is 7. The molecule has 1 amide bonds. The molecule has 0 radical (unpaired) electrons. The van der Waals surface area contributed by atoms with Crippen LogP contribution in [-0.2, 0) is 27.9 Å². The maximum Gasteiger partial charge on any atom is 0.472 e. The Morgan fingerprint density at radius 2 is 1.05 bits per heavy atom. The van der Waals surface area contributed by atoms with Crippen LogP contribution in [0.15, 0.2) is 0 Å². The average Bonchev–Trinajstić information content (AvgIpc) is 2.98. The van der Waals surface area contributed by atoms with Gasteiger partial charge in [-0.15, -0.1) is 0 Å². The predicted molar refractivity (Wildman–Crippen MR) is 174 cm³/mol. The number of phosphoric acid groups is 1. The van der Waals surface area contributed by atoms with Gasteiger partial charge in [0.25, 0.3) is 0 Å². The number of esters is 1. The Balaban J connectivity index is 3.56. The van der Waals surface area contributed by atoms with E-state index in [-0.39, 0.29) is 32.1 Å². The topological polar surface area (TPSA) is 131 Å². The lowest BCUT2D eigenvalue weighted by Crippen LogP contribution is -2.27. The van der Waals surface area contributed by atoms with Crippen molar-refractivity contribution in [2.45, 2.75) is 174 Å². The number of amides is 1. The van der Waals surface area contributed by atoms with E-state index in [0.717, 1.165) is 44.9 Å². The van der Waals surface area contributed by atoms with E-state index in [1.54, 1.807) is 0 Å². The Morgan fingerprint density at radius 3 is 1.51 bits per heavy atom. The standard InChI is InChI=1S/C33H66NO8P/c1-3-5-7-9-11-12-13-14-15-16-17-18-19-20-21-23-25-32(36)34-27-28-41-43(38,39)42-30-31(35)29-40-33(37)26-24-22-10-8-6-4-2/h31,35H,3-30H2,1-2H3,(H,34,36)(H,38,39). The van der Waals surface area contributed by atoms with Crippen LogP contribution in [0.2, 0.25) is 0 Å². The van der Waals surface area contributed by atoms with Gasteiger partial charge in [-0.2, -0.15) is 0 Å². The van der Waals surface area contributed by atoms with Crippen LogP contribution in [0.4, 0.5) is 0 Å². The Bertz CT molecular complexity index is 694. The van der Waals surface area contributed by atoms with Crippen LogP contribution >= 0.6 is 7.82 Å². The lowest BCUT2D eigenvalue weighted by Gasteiger charge is -2.15. The van der Waals surface area contributed by atoms with Crippen LogP contribution in [0.1, 0.15) is 168 Å². The Kier molecular flexibility index (Phi) is 30.3. The van der Waals surface area contributed by atoms with E-state index >= 15 is 0 Å². The summed E-state index contributed by atoms with van der Waals surface area (Å²) in [4.78, 5) is 33.5. The molecule has 0 fully saturated rings. The molecule has 0 aliphatic heterocycles. The smallest absolute Gasteiger partial charge is 0.463 e. The van der Waals surface area contributed by atoms with Crippen molar-refractivity contribution in [3.05, 3.63) is 0 Å². The molecule has 43 heavy (non-hydrogen) atoms. The molecular weight excluding hydrogens is 569 g/mol. The van der Waals surface area contributed by atoms with Crippen molar-refractivity contribution in [1.29, 1.82) is 0 Å². The maximum atomic E-state index is 12.0. The van der Waals surface area contributed by atoms with E-state index in [1.807, 2.05) is 0 Å². The highest BCUT2D eigenvalue weighted by Crippen LogP contribution is 2.42. The minimum atomic E-state index is -4.39. The number of rotatable bonds is 33. The van der Waals surface area contributed by atoms with Gasteiger partial charge in [0.2, 0.25) is 5.91 Å². The van der Waals surface area contributed by atoms with Crippen LogP contribution in [0.5, 0.6) is 0 Å². The van der Waals surface area contributed by atoms with Gasteiger partial charge < -0.3 is 20.1 Å². The highest BCUT2D eigenvalue weighted by molar-refractivity contribution is 7.47. The van der Waals surface area contributed by atoms with Crippen molar-refractivity contribution in [1.82, 2.24) is 5.32 Å². The largest absolute Gasteiger partial charge is 0.472 e. The molecule has 0 spiro atoms. The monoisotopic (exact) mass is 635 g/mol. The minimum absolute atomic E-state index is 0.0875. The van der Waals surface area contributed by atoms with Gasteiger partial charge in [-0.1, -0.05) is 142 Å². The molecule has 10 heteroatoms.